The summed E-state index contributed by atoms with van der Waals surface area (Å²) in [4.78, 5) is 18.3. The van der Waals surface area contributed by atoms with E-state index in [9.17, 15) is 10.1 Å². The molecule has 37 heavy (non-hydrogen) atoms. The van der Waals surface area contributed by atoms with Crippen molar-refractivity contribution in [1.82, 2.24) is 24.2 Å². The van der Waals surface area contributed by atoms with Crippen LogP contribution in [0.4, 0.5) is 9.18 Å². The van der Waals surface area contributed by atoms with Crippen LogP contribution in [0.3, 0.4) is 0 Å². The molecule has 3 aromatic rings. The number of nitrogens with zero attached hydrogens (tertiary/aromatic N) is 6. The monoisotopic (exact) mass is 526 g/mol. The number of halogens is 1. The molecule has 9 nitrogen and oxygen atoms in total. The summed E-state index contributed by atoms with van der Waals surface area (Å²) in [5, 5.41) is 14.6. The van der Waals surface area contributed by atoms with Gasteiger partial charge in [0.2, 0.25) is 0 Å². The van der Waals surface area contributed by atoms with Crippen LogP contribution in [0.15, 0.2) is 30.9 Å². The minimum absolute atomic E-state index is 0.160. The van der Waals surface area contributed by atoms with Crippen LogP contribution < -0.4 is 0 Å². The normalized spacial score (nSPS) is 15.5. The molecule has 1 aliphatic heterocycles. The second kappa shape index (κ2) is 9.91. The number of amides is 1. The number of pyridine rings is 1. The lowest BCUT2D eigenvalue weighted by Crippen LogP contribution is -2.64. The first-order chi connectivity index (χ1) is 17.3. The van der Waals surface area contributed by atoms with Crippen molar-refractivity contribution >= 4 is 25.2 Å². The molecule has 0 unspecified atom stereocenters. The van der Waals surface area contributed by atoms with Crippen molar-refractivity contribution in [2.75, 3.05) is 19.7 Å². The maximum atomic E-state index is 15.1. The van der Waals surface area contributed by atoms with Gasteiger partial charge in [-0.05, 0) is 32.9 Å². The summed E-state index contributed by atoms with van der Waals surface area (Å²) in [6.07, 6.45) is 6.13. The van der Waals surface area contributed by atoms with Gasteiger partial charge >= 0.3 is 6.09 Å². The lowest BCUT2D eigenvalue weighted by atomic mass is 9.87. The predicted octanol–water partition coefficient (Wildman–Crippen LogP) is 5.21. The molecule has 0 atom stereocenters. The highest BCUT2D eigenvalue weighted by atomic mass is 28.3. The second-order valence-electron chi connectivity index (χ2n) is 11.9. The number of ether oxygens (including phenoxy) is 2. The van der Waals surface area contributed by atoms with Crippen LogP contribution in [-0.4, -0.2) is 63.7 Å². The Morgan fingerprint density at radius 1 is 1.27 bits per heavy atom. The molecule has 4 heterocycles. The Balaban J connectivity index is 1.55. The Labute approximate surface area is 217 Å². The summed E-state index contributed by atoms with van der Waals surface area (Å²) in [6, 6.07) is 5.10. The number of carbonyl (C=O) groups excluding carboxylic acids is 1. The maximum Gasteiger partial charge on any atom is 0.410 e. The van der Waals surface area contributed by atoms with Crippen LogP contribution in [-0.2, 0) is 21.7 Å². The zero-order valence-electron chi connectivity index (χ0n) is 22.4. The first kappa shape index (κ1) is 26.8. The predicted molar refractivity (Wildman–Crippen MR) is 141 cm³/mol. The van der Waals surface area contributed by atoms with Gasteiger partial charge in [0.15, 0.2) is 0 Å². The summed E-state index contributed by atoms with van der Waals surface area (Å²) in [7, 11) is -1.19. The molecule has 0 saturated carbocycles. The fourth-order valence-corrected chi connectivity index (χ4v) is 5.13. The van der Waals surface area contributed by atoms with E-state index >= 15 is 4.39 Å². The number of likely N-dealkylation sites (tertiary alicyclic amines) is 1. The number of fused-ring (bicyclic) bond motifs is 1. The SMILES string of the molecule is CC(C)(C)OC(=O)N1CC(CC#N)(n2cc(-c3c(F)cnc4c3ccn4COCC[Si](C)(C)C)cn2)C1. The van der Waals surface area contributed by atoms with Crippen molar-refractivity contribution in [3.8, 4) is 17.2 Å². The molecule has 0 bridgehead atoms. The molecule has 1 aliphatic rings. The van der Waals surface area contributed by atoms with Crippen molar-refractivity contribution in [1.29, 1.82) is 5.26 Å². The van der Waals surface area contributed by atoms with Gasteiger partial charge in [-0.25, -0.2) is 14.2 Å². The van der Waals surface area contributed by atoms with E-state index in [1.54, 1.807) is 22.0 Å². The maximum absolute atomic E-state index is 15.1. The molecule has 0 N–H and O–H groups in total. The van der Waals surface area contributed by atoms with Gasteiger partial charge in [0, 0.05) is 43.6 Å². The number of hydrogen-bond acceptors (Lipinski definition) is 6. The number of rotatable bonds is 8. The highest BCUT2D eigenvalue weighted by molar-refractivity contribution is 6.76. The minimum Gasteiger partial charge on any atom is -0.444 e. The molecule has 11 heteroatoms. The molecule has 1 fully saturated rings. The van der Waals surface area contributed by atoms with Crippen LogP contribution in [0, 0.1) is 17.1 Å². The average molecular weight is 527 g/mol. The molecule has 0 radical (unpaired) electrons. The van der Waals surface area contributed by atoms with E-state index < -0.39 is 31.1 Å². The van der Waals surface area contributed by atoms with Crippen molar-refractivity contribution in [3.63, 3.8) is 0 Å². The van der Waals surface area contributed by atoms with Crippen LogP contribution in [0.5, 0.6) is 0 Å². The smallest absolute Gasteiger partial charge is 0.410 e. The number of nitriles is 1. The van der Waals surface area contributed by atoms with E-state index in [0.717, 1.165) is 6.04 Å². The Morgan fingerprint density at radius 2 is 2.00 bits per heavy atom. The fourth-order valence-electron chi connectivity index (χ4n) is 4.37. The molecule has 0 spiro atoms. The van der Waals surface area contributed by atoms with E-state index in [4.69, 9.17) is 9.47 Å². The molecule has 4 rings (SSSR count). The minimum atomic E-state index is -1.19. The van der Waals surface area contributed by atoms with E-state index in [2.05, 4.69) is 35.8 Å². The molecule has 198 valence electrons. The second-order valence-corrected chi connectivity index (χ2v) is 17.5. The number of hydrogen-bond donors (Lipinski definition) is 0. The van der Waals surface area contributed by atoms with Gasteiger partial charge in [-0.3, -0.25) is 4.68 Å². The van der Waals surface area contributed by atoms with Crippen LogP contribution >= 0.6 is 0 Å². The van der Waals surface area contributed by atoms with Crippen molar-refractivity contribution < 1.29 is 18.7 Å². The van der Waals surface area contributed by atoms with E-state index in [1.807, 2.05) is 37.6 Å². The van der Waals surface area contributed by atoms with E-state index in [-0.39, 0.29) is 19.5 Å². The quantitative estimate of drug-likeness (QED) is 0.295. The summed E-state index contributed by atoms with van der Waals surface area (Å²) in [6.45, 7) is 13.9. The summed E-state index contributed by atoms with van der Waals surface area (Å²) < 4.78 is 29.9. The lowest BCUT2D eigenvalue weighted by Gasteiger charge is -2.48. The van der Waals surface area contributed by atoms with Gasteiger partial charge in [0.1, 0.15) is 29.3 Å². The summed E-state index contributed by atoms with van der Waals surface area (Å²) in [5.74, 6) is -0.456. The van der Waals surface area contributed by atoms with Crippen molar-refractivity contribution in [2.45, 2.75) is 70.7 Å². The van der Waals surface area contributed by atoms with E-state index in [0.29, 0.717) is 35.5 Å². The van der Waals surface area contributed by atoms with Gasteiger partial charge in [-0.2, -0.15) is 10.4 Å². The Morgan fingerprint density at radius 3 is 2.65 bits per heavy atom. The third kappa shape index (κ3) is 5.86. The largest absolute Gasteiger partial charge is 0.444 e. The van der Waals surface area contributed by atoms with Crippen LogP contribution in [0.1, 0.15) is 27.2 Å². The summed E-state index contributed by atoms with van der Waals surface area (Å²) >= 11 is 0. The Kier molecular flexibility index (Phi) is 7.18. The Bertz CT molecular complexity index is 1320. The highest BCUT2D eigenvalue weighted by Crippen LogP contribution is 2.36. The summed E-state index contributed by atoms with van der Waals surface area (Å²) in [5.41, 5.74) is 0.304. The average Bonchev–Trinajstić information content (AvgIpc) is 3.39. The standard InChI is InChI=1S/C26H35FN6O3Si/c1-25(2,3)36-24(34)32-16-26(17-32,8-9-28)33-15-19(13-30-33)22-20-7-10-31(23(20)29-14-21(22)27)18-35-11-12-37(4,5)6/h7,10,13-15H,8,11-12,16-18H2,1-6H3. The molecular weight excluding hydrogens is 491 g/mol. The van der Waals surface area contributed by atoms with Gasteiger partial charge in [-0.15, -0.1) is 0 Å². The zero-order valence-corrected chi connectivity index (χ0v) is 23.4. The van der Waals surface area contributed by atoms with Crippen LogP contribution in [0.2, 0.25) is 25.7 Å². The zero-order chi connectivity index (χ0) is 27.0. The first-order valence-corrected chi connectivity index (χ1v) is 16.1. The van der Waals surface area contributed by atoms with Crippen LogP contribution in [0.25, 0.3) is 22.2 Å². The van der Waals surface area contributed by atoms with Gasteiger partial charge < -0.3 is 18.9 Å². The van der Waals surface area contributed by atoms with Crippen molar-refractivity contribution in [2.24, 2.45) is 0 Å². The third-order valence-corrected chi connectivity index (χ3v) is 8.06. The van der Waals surface area contributed by atoms with Crippen molar-refractivity contribution in [3.05, 3.63) is 36.7 Å². The first-order valence-electron chi connectivity index (χ1n) is 12.4. The number of aromatic nitrogens is 4. The molecular formula is C26H35FN6O3Si. The van der Waals surface area contributed by atoms with Gasteiger partial charge in [-0.1, -0.05) is 19.6 Å². The van der Waals surface area contributed by atoms with Gasteiger partial charge in [0.25, 0.3) is 0 Å². The fraction of sp³-hybridized carbons (Fsp3) is 0.538. The number of carbonyl (C=O) groups is 1. The van der Waals surface area contributed by atoms with Gasteiger partial charge in [0.05, 0.1) is 38.0 Å². The Hall–Kier alpha value is -3.23. The topological polar surface area (TPSA) is 98.2 Å². The molecule has 1 amide bonds. The lowest BCUT2D eigenvalue weighted by molar-refractivity contribution is -0.0314. The molecule has 0 aliphatic carbocycles. The molecule has 3 aromatic heterocycles. The molecule has 1 saturated heterocycles. The molecule has 0 aromatic carbocycles. The third-order valence-electron chi connectivity index (χ3n) is 6.36. The van der Waals surface area contributed by atoms with E-state index in [1.165, 1.54) is 6.20 Å². The highest BCUT2D eigenvalue weighted by Gasteiger charge is 2.48.